The zero-order valence-electron chi connectivity index (χ0n) is 51.5. The Labute approximate surface area is 475 Å². The van der Waals surface area contributed by atoms with Crippen LogP contribution in [0.1, 0.15) is 386 Å². The summed E-state index contributed by atoms with van der Waals surface area (Å²) in [5.74, 6) is -0.0215. The highest BCUT2D eigenvalue weighted by Crippen LogP contribution is 2.19. The van der Waals surface area contributed by atoms with E-state index >= 15 is 0 Å². The third-order valence-corrected chi connectivity index (χ3v) is 16.3. The van der Waals surface area contributed by atoms with E-state index in [2.05, 4.69) is 43.5 Å². The zero-order valence-corrected chi connectivity index (χ0v) is 51.5. The highest BCUT2D eigenvalue weighted by molar-refractivity contribution is 5.76. The maximum atomic E-state index is 12.5. The standard InChI is InChI=1S/C70H135NO5/c1-3-5-7-9-11-13-15-17-36-40-44-48-52-56-60-64-70(75)76-65-61-57-53-49-45-41-38-35-33-31-29-27-25-23-21-19-18-20-22-24-26-28-30-32-34-37-39-43-47-51-55-59-63-69(74)71-67(66-72)68(73)62-58-54-50-46-42-16-14-12-10-8-6-4-2/h11,13,17,36,67-68,72-73H,3-10,12,14-16,18-35,37-66H2,1-2H3,(H,71,74)/b13-11-,36-17-. The number of aliphatic hydroxyl groups excluding tert-OH is 2. The fourth-order valence-corrected chi connectivity index (χ4v) is 11.0. The van der Waals surface area contributed by atoms with Gasteiger partial charge in [0.15, 0.2) is 0 Å². The Kier molecular flexibility index (Phi) is 64.4. The Hall–Kier alpha value is -1.66. The van der Waals surface area contributed by atoms with Crippen molar-refractivity contribution in [2.75, 3.05) is 13.2 Å². The van der Waals surface area contributed by atoms with Gasteiger partial charge < -0.3 is 20.3 Å². The van der Waals surface area contributed by atoms with Gasteiger partial charge in [0.2, 0.25) is 5.91 Å². The average molecular weight is 1070 g/mol. The number of amides is 1. The van der Waals surface area contributed by atoms with Crippen molar-refractivity contribution in [1.29, 1.82) is 0 Å². The molecule has 2 unspecified atom stereocenters. The second-order valence-corrected chi connectivity index (χ2v) is 23.9. The summed E-state index contributed by atoms with van der Waals surface area (Å²) in [6.07, 6.45) is 82.3. The molecule has 0 saturated carbocycles. The number of esters is 1. The van der Waals surface area contributed by atoms with Gasteiger partial charge in [-0.25, -0.2) is 0 Å². The summed E-state index contributed by atoms with van der Waals surface area (Å²) in [6, 6.07) is -0.536. The number of rotatable bonds is 65. The monoisotopic (exact) mass is 1070 g/mol. The van der Waals surface area contributed by atoms with Gasteiger partial charge in [-0.15, -0.1) is 0 Å². The Balaban J connectivity index is 3.30. The van der Waals surface area contributed by atoms with E-state index in [9.17, 15) is 19.8 Å². The lowest BCUT2D eigenvalue weighted by atomic mass is 10.0. The van der Waals surface area contributed by atoms with E-state index in [0.29, 0.717) is 25.9 Å². The fourth-order valence-electron chi connectivity index (χ4n) is 11.0. The van der Waals surface area contributed by atoms with Gasteiger partial charge in [-0.2, -0.15) is 0 Å². The lowest BCUT2D eigenvalue weighted by Gasteiger charge is -2.22. The summed E-state index contributed by atoms with van der Waals surface area (Å²) >= 11 is 0. The molecule has 0 aliphatic rings. The number of ether oxygens (including phenoxy) is 1. The number of unbranched alkanes of at least 4 members (excludes halogenated alkanes) is 50. The van der Waals surface area contributed by atoms with Crippen molar-refractivity contribution in [2.24, 2.45) is 0 Å². The summed E-state index contributed by atoms with van der Waals surface area (Å²) in [7, 11) is 0. The van der Waals surface area contributed by atoms with Crippen molar-refractivity contribution in [3.63, 3.8) is 0 Å². The van der Waals surface area contributed by atoms with Crippen molar-refractivity contribution in [2.45, 2.75) is 398 Å². The molecule has 0 saturated heterocycles. The first-order chi connectivity index (χ1) is 37.5. The smallest absolute Gasteiger partial charge is 0.305 e. The maximum absolute atomic E-state index is 12.5. The summed E-state index contributed by atoms with van der Waals surface area (Å²) in [6.45, 7) is 4.94. The Morgan fingerprint density at radius 1 is 0.368 bits per heavy atom. The van der Waals surface area contributed by atoms with Crippen LogP contribution in [0.2, 0.25) is 0 Å². The van der Waals surface area contributed by atoms with Gasteiger partial charge in [0.25, 0.3) is 0 Å². The van der Waals surface area contributed by atoms with Crippen molar-refractivity contribution in [3.8, 4) is 0 Å². The molecule has 0 aromatic heterocycles. The van der Waals surface area contributed by atoms with Gasteiger partial charge in [0, 0.05) is 12.8 Å². The average Bonchev–Trinajstić information content (AvgIpc) is 3.42. The largest absolute Gasteiger partial charge is 0.466 e. The molecule has 0 aromatic rings. The molecule has 1 amide bonds. The van der Waals surface area contributed by atoms with E-state index in [1.54, 1.807) is 0 Å². The Morgan fingerprint density at radius 3 is 1.03 bits per heavy atom. The van der Waals surface area contributed by atoms with Gasteiger partial charge in [0.1, 0.15) is 0 Å². The van der Waals surface area contributed by atoms with Crippen LogP contribution in [-0.4, -0.2) is 47.4 Å². The molecule has 0 aliphatic heterocycles. The molecule has 0 aliphatic carbocycles. The highest BCUT2D eigenvalue weighted by atomic mass is 16.5. The van der Waals surface area contributed by atoms with Crippen LogP contribution in [-0.2, 0) is 14.3 Å². The van der Waals surface area contributed by atoms with Crippen molar-refractivity contribution in [3.05, 3.63) is 24.3 Å². The summed E-state index contributed by atoms with van der Waals surface area (Å²) in [5.41, 5.74) is 0. The van der Waals surface area contributed by atoms with Gasteiger partial charge >= 0.3 is 5.97 Å². The predicted octanol–water partition coefficient (Wildman–Crippen LogP) is 22.1. The third-order valence-electron chi connectivity index (χ3n) is 16.3. The molecule has 2 atom stereocenters. The number of carbonyl (C=O) groups is 2. The van der Waals surface area contributed by atoms with Crippen molar-refractivity contribution in [1.82, 2.24) is 5.32 Å². The number of hydrogen-bond acceptors (Lipinski definition) is 5. The van der Waals surface area contributed by atoms with E-state index in [4.69, 9.17) is 4.74 Å². The number of nitrogens with one attached hydrogen (secondary N) is 1. The first kappa shape index (κ1) is 74.3. The predicted molar refractivity (Wildman–Crippen MR) is 333 cm³/mol. The first-order valence-corrected chi connectivity index (χ1v) is 34.6. The molecule has 0 aromatic carbocycles. The van der Waals surface area contributed by atoms with Crippen molar-refractivity contribution < 1.29 is 24.5 Å². The molecule has 6 heteroatoms. The SMILES string of the molecule is CCCCC/C=C\C/C=C\CCCCCCCC(=O)OCCCCCCCCCCCCCCCCCCCCCCCCCCCCCCCCCCC(=O)NC(CO)C(O)CCCCCCCCCCCCCC. The molecule has 450 valence electrons. The molecule has 76 heavy (non-hydrogen) atoms. The lowest BCUT2D eigenvalue weighted by Crippen LogP contribution is -2.45. The van der Waals surface area contributed by atoms with E-state index in [-0.39, 0.29) is 18.5 Å². The van der Waals surface area contributed by atoms with Gasteiger partial charge in [-0.3, -0.25) is 9.59 Å². The van der Waals surface area contributed by atoms with Crippen LogP contribution < -0.4 is 5.32 Å². The topological polar surface area (TPSA) is 95.9 Å². The molecule has 0 rings (SSSR count). The maximum Gasteiger partial charge on any atom is 0.305 e. The first-order valence-electron chi connectivity index (χ1n) is 34.6. The van der Waals surface area contributed by atoms with Crippen LogP contribution in [0.25, 0.3) is 0 Å². The molecule has 3 N–H and O–H groups in total. The molecule has 0 bridgehead atoms. The third kappa shape index (κ3) is 61.6. The van der Waals surface area contributed by atoms with E-state index in [1.165, 1.54) is 302 Å². The number of aliphatic hydroxyl groups is 2. The number of allylic oxidation sites excluding steroid dienone is 4. The van der Waals surface area contributed by atoms with Gasteiger partial charge in [-0.05, 0) is 57.8 Å². The van der Waals surface area contributed by atoms with Crippen LogP contribution in [0.5, 0.6) is 0 Å². The van der Waals surface area contributed by atoms with E-state index in [0.717, 1.165) is 51.4 Å². The minimum absolute atomic E-state index is 0.00758. The second kappa shape index (κ2) is 65.9. The van der Waals surface area contributed by atoms with Crippen LogP contribution >= 0.6 is 0 Å². The minimum atomic E-state index is -0.659. The van der Waals surface area contributed by atoms with Crippen LogP contribution in [0.15, 0.2) is 24.3 Å². The quantitative estimate of drug-likeness (QED) is 0.0320. The minimum Gasteiger partial charge on any atom is -0.466 e. The van der Waals surface area contributed by atoms with Crippen LogP contribution in [0.3, 0.4) is 0 Å². The Morgan fingerprint density at radius 2 is 0.658 bits per heavy atom. The molecular formula is C70H135NO5. The fraction of sp³-hybridized carbons (Fsp3) is 0.914. The summed E-state index contributed by atoms with van der Waals surface area (Å²) < 4.78 is 5.49. The van der Waals surface area contributed by atoms with E-state index < -0.39 is 12.1 Å². The van der Waals surface area contributed by atoms with Crippen LogP contribution in [0.4, 0.5) is 0 Å². The molecule has 0 fully saturated rings. The molecule has 0 radical (unpaired) electrons. The van der Waals surface area contributed by atoms with Crippen molar-refractivity contribution >= 4 is 11.9 Å². The van der Waals surface area contributed by atoms with Crippen LogP contribution in [0, 0.1) is 0 Å². The molecule has 0 heterocycles. The summed E-state index contributed by atoms with van der Waals surface area (Å²) in [5, 5.41) is 23.3. The number of hydrogen-bond donors (Lipinski definition) is 3. The molecule has 0 spiro atoms. The van der Waals surface area contributed by atoms with E-state index in [1.807, 2.05) is 0 Å². The lowest BCUT2D eigenvalue weighted by molar-refractivity contribution is -0.143. The zero-order chi connectivity index (χ0) is 55.0. The van der Waals surface area contributed by atoms with Gasteiger partial charge in [-0.1, -0.05) is 340 Å². The normalized spacial score (nSPS) is 12.6. The number of carbonyl (C=O) groups excluding carboxylic acids is 2. The second-order valence-electron chi connectivity index (χ2n) is 23.9. The molecule has 6 nitrogen and oxygen atoms in total. The molecular weight excluding hydrogens is 935 g/mol. The van der Waals surface area contributed by atoms with Gasteiger partial charge in [0.05, 0.1) is 25.4 Å². The Bertz CT molecular complexity index is 1190. The highest BCUT2D eigenvalue weighted by Gasteiger charge is 2.20. The summed E-state index contributed by atoms with van der Waals surface area (Å²) in [4.78, 5) is 24.5.